The number of aldehydes is 1. The second kappa shape index (κ2) is 17.2. The Labute approximate surface area is 223 Å². The molecule has 0 spiro atoms. The van der Waals surface area contributed by atoms with Crippen LogP contribution in [0.2, 0.25) is 0 Å². The maximum atomic E-state index is 14.7. The van der Waals surface area contributed by atoms with Crippen molar-refractivity contribution in [3.63, 3.8) is 0 Å². The number of carbonyl (C=O) groups excluding carboxylic acids is 3. The average molecular weight is 590 g/mol. The summed E-state index contributed by atoms with van der Waals surface area (Å²) in [7, 11) is -0.763. The highest BCUT2D eigenvalue weighted by molar-refractivity contribution is 7.45. The third-order valence-corrected chi connectivity index (χ3v) is 5.73. The van der Waals surface area contributed by atoms with Crippen LogP contribution in [0.5, 0.6) is 5.75 Å². The number of para-hydroxylation sites is 1. The molecule has 16 heteroatoms. The van der Waals surface area contributed by atoms with Crippen molar-refractivity contribution in [2.45, 2.75) is 44.6 Å². The molecule has 1 fully saturated rings. The van der Waals surface area contributed by atoms with Gasteiger partial charge in [-0.15, -0.1) is 0 Å². The number of benzene rings is 1. The van der Waals surface area contributed by atoms with Gasteiger partial charge in [0.1, 0.15) is 24.6 Å². The zero-order valence-corrected chi connectivity index (χ0v) is 22.4. The number of nitrogens with zero attached hydrogens (tertiary/aromatic N) is 1. The van der Waals surface area contributed by atoms with Crippen LogP contribution >= 0.6 is 20.1 Å². The maximum Gasteiger partial charge on any atom is 0.323 e. The highest BCUT2D eigenvalue weighted by Gasteiger charge is 2.53. The highest BCUT2D eigenvalue weighted by atomic mass is 35.5. The summed E-state index contributed by atoms with van der Waals surface area (Å²) in [6.45, 7) is 0.724. The number of alkyl halides is 4. The van der Waals surface area contributed by atoms with Crippen LogP contribution in [0.1, 0.15) is 20.3 Å². The number of urea groups is 1. The summed E-state index contributed by atoms with van der Waals surface area (Å²) in [6.07, 6.45) is -3.20. The molecule has 0 saturated carbocycles. The van der Waals surface area contributed by atoms with Gasteiger partial charge in [0.25, 0.3) is 5.92 Å². The van der Waals surface area contributed by atoms with Crippen LogP contribution in [-0.4, -0.2) is 74.7 Å². The van der Waals surface area contributed by atoms with Gasteiger partial charge >= 0.3 is 20.5 Å². The fourth-order valence-corrected chi connectivity index (χ4v) is 4.00. The molecule has 1 aliphatic rings. The monoisotopic (exact) mass is 589 g/mol. The number of ether oxygens (including phenoxy) is 2. The zero-order valence-electron chi connectivity index (χ0n) is 20.7. The van der Waals surface area contributed by atoms with E-state index in [2.05, 4.69) is 10.4 Å². The van der Waals surface area contributed by atoms with Crippen molar-refractivity contribution in [1.29, 1.82) is 0 Å². The molecule has 2 amide bonds. The van der Waals surface area contributed by atoms with Gasteiger partial charge in [-0.25, -0.2) is 27.4 Å². The van der Waals surface area contributed by atoms with Crippen LogP contribution in [0.4, 0.5) is 22.4 Å². The van der Waals surface area contributed by atoms with Crippen molar-refractivity contribution in [2.75, 3.05) is 27.1 Å². The molecule has 38 heavy (non-hydrogen) atoms. The molecule has 2 rings (SSSR count). The second-order valence-corrected chi connectivity index (χ2v) is 9.28. The molecular formula is C22H29ClF4N3O7P. The van der Waals surface area contributed by atoms with Crippen molar-refractivity contribution < 1.29 is 50.5 Å². The molecule has 1 aliphatic heterocycles. The molecule has 1 saturated heterocycles. The van der Waals surface area contributed by atoms with E-state index in [1.165, 1.54) is 7.05 Å². The number of carbonyl (C=O) groups is 3. The fraction of sp³-hybridized carbons (Fsp3) is 0.500. The Hall–Kier alpha value is -2.51. The Morgan fingerprint density at radius 1 is 1.29 bits per heavy atom. The van der Waals surface area contributed by atoms with Gasteiger partial charge in [-0.1, -0.05) is 29.8 Å². The molecule has 0 radical (unpaired) electrons. The topological polar surface area (TPSA) is 115 Å². The lowest BCUT2D eigenvalue weighted by molar-refractivity contribution is -0.145. The molecule has 1 aromatic rings. The van der Waals surface area contributed by atoms with E-state index in [1.807, 2.05) is 0 Å². The second-order valence-electron chi connectivity index (χ2n) is 7.57. The average Bonchev–Trinajstić information content (AvgIpc) is 3.17. The van der Waals surface area contributed by atoms with Crippen LogP contribution in [0.25, 0.3) is 0 Å². The van der Waals surface area contributed by atoms with Gasteiger partial charge in [0.15, 0.2) is 6.29 Å². The lowest BCUT2D eigenvalue weighted by Crippen LogP contribution is -2.42. The summed E-state index contributed by atoms with van der Waals surface area (Å²) in [5.74, 6) is -3.57. The smallest absolute Gasteiger partial charge is 0.323 e. The van der Waals surface area contributed by atoms with Gasteiger partial charge in [0, 0.05) is 13.2 Å². The number of esters is 1. The van der Waals surface area contributed by atoms with Gasteiger partial charge in [0.05, 0.1) is 24.2 Å². The normalized spacial score (nSPS) is 19.1. The molecule has 1 heterocycles. The SMILES string of the molecule is CNC(=O)N(/C=C(/Cl)C=O)C1CC(F)(F)C(COP(NCC(=O)OC(C)C)Oc2ccccc2)O1.FCF. The Morgan fingerprint density at radius 3 is 2.47 bits per heavy atom. The quantitative estimate of drug-likeness (QED) is 0.121. The van der Waals surface area contributed by atoms with Crippen molar-refractivity contribution in [3.05, 3.63) is 41.6 Å². The van der Waals surface area contributed by atoms with Crippen molar-refractivity contribution in [1.82, 2.24) is 15.3 Å². The number of amides is 2. The van der Waals surface area contributed by atoms with Crippen molar-refractivity contribution in [3.8, 4) is 5.75 Å². The predicted molar refractivity (Wildman–Crippen MR) is 131 cm³/mol. The first kappa shape index (κ1) is 33.5. The molecule has 10 nitrogen and oxygen atoms in total. The molecule has 1 aromatic carbocycles. The zero-order chi connectivity index (χ0) is 28.7. The fourth-order valence-electron chi connectivity index (χ4n) is 2.84. The number of rotatable bonds is 12. The molecule has 214 valence electrons. The minimum Gasteiger partial charge on any atom is -0.462 e. The number of nitrogens with one attached hydrogen (secondary N) is 2. The first-order valence-electron chi connectivity index (χ1n) is 11.0. The van der Waals surface area contributed by atoms with E-state index in [-0.39, 0.29) is 24.0 Å². The van der Waals surface area contributed by atoms with Crippen molar-refractivity contribution >= 4 is 38.4 Å². The summed E-state index contributed by atoms with van der Waals surface area (Å²) in [6, 6.07) is 7.65. The Balaban J connectivity index is 0.00000229. The van der Waals surface area contributed by atoms with E-state index in [0.717, 1.165) is 11.1 Å². The lowest BCUT2D eigenvalue weighted by atomic mass is 10.1. The van der Waals surface area contributed by atoms with Crippen LogP contribution in [0, 0.1) is 0 Å². The molecule has 0 aliphatic carbocycles. The molecule has 3 unspecified atom stereocenters. The molecule has 3 atom stereocenters. The molecule has 2 N–H and O–H groups in total. The highest BCUT2D eigenvalue weighted by Crippen LogP contribution is 2.41. The molecule has 0 bridgehead atoms. The van der Waals surface area contributed by atoms with Gasteiger partial charge in [0.2, 0.25) is 6.93 Å². The van der Waals surface area contributed by atoms with Crippen molar-refractivity contribution in [2.24, 2.45) is 0 Å². The van der Waals surface area contributed by atoms with Gasteiger partial charge in [-0.3, -0.25) is 14.5 Å². The first-order chi connectivity index (χ1) is 18.0. The molecule has 0 aromatic heterocycles. The summed E-state index contributed by atoms with van der Waals surface area (Å²) >= 11 is 5.66. The maximum absolute atomic E-state index is 14.7. The summed E-state index contributed by atoms with van der Waals surface area (Å²) in [4.78, 5) is 35.6. The van der Waals surface area contributed by atoms with E-state index in [9.17, 15) is 31.9 Å². The van der Waals surface area contributed by atoms with Gasteiger partial charge in [-0.2, -0.15) is 0 Å². The van der Waals surface area contributed by atoms with Crippen LogP contribution in [-0.2, 0) is 23.6 Å². The summed E-state index contributed by atoms with van der Waals surface area (Å²) < 4.78 is 70.4. The number of hydrogen-bond acceptors (Lipinski definition) is 8. The predicted octanol–water partition coefficient (Wildman–Crippen LogP) is 4.40. The van der Waals surface area contributed by atoms with E-state index in [1.54, 1.807) is 44.2 Å². The summed E-state index contributed by atoms with van der Waals surface area (Å²) in [5, 5.41) is 4.62. The van der Waals surface area contributed by atoms with E-state index in [4.69, 9.17) is 30.1 Å². The van der Waals surface area contributed by atoms with Gasteiger partial charge in [-0.05, 0) is 26.0 Å². The lowest BCUT2D eigenvalue weighted by Gasteiger charge is -2.25. The standard InChI is InChI=1S/C21H27ClF2N3O7P.CH2F2/c1-14(2)32-19(29)10-26-35(34-16-7-5-4-6-8-16)31-13-17-21(23,24)9-18(33-17)27(20(30)25-3)11-15(22)12-28;2-1-3/h4-8,11-12,14,17-18,26H,9-10,13H2,1-3H3,(H,25,30);1H2/b15-11+;. The molecular weight excluding hydrogens is 561 g/mol. The van der Waals surface area contributed by atoms with E-state index in [0.29, 0.717) is 5.75 Å². The Morgan fingerprint density at radius 2 is 1.92 bits per heavy atom. The van der Waals surface area contributed by atoms with Crippen LogP contribution in [0.3, 0.4) is 0 Å². The minimum atomic E-state index is -3.39. The van der Waals surface area contributed by atoms with Crippen LogP contribution in [0.15, 0.2) is 41.6 Å². The Kier molecular flexibility index (Phi) is 15.1. The van der Waals surface area contributed by atoms with E-state index < -0.39 is 58.7 Å². The Bertz CT molecular complexity index is 918. The number of halogens is 5. The minimum absolute atomic E-state index is 0.259. The first-order valence-corrected chi connectivity index (χ1v) is 12.6. The number of hydrogen-bond donors (Lipinski definition) is 2. The summed E-state index contributed by atoms with van der Waals surface area (Å²) in [5.41, 5.74) is 0. The number of allylic oxidation sites excluding steroid dienone is 1. The van der Waals surface area contributed by atoms with E-state index >= 15 is 0 Å². The third kappa shape index (κ3) is 11.9. The third-order valence-electron chi connectivity index (χ3n) is 4.37. The van der Waals surface area contributed by atoms with Gasteiger partial charge < -0.3 is 23.8 Å². The largest absolute Gasteiger partial charge is 0.462 e. The van der Waals surface area contributed by atoms with Crippen LogP contribution < -0.4 is 14.9 Å².